The Bertz CT molecular complexity index is 2230. The molecule has 0 amide bonds. The molecule has 2 heterocycles. The fourth-order valence-electron chi connectivity index (χ4n) is 5.10. The van der Waals surface area contributed by atoms with E-state index in [0.29, 0.717) is 5.69 Å². The van der Waals surface area contributed by atoms with Crippen LogP contribution in [0.25, 0.3) is 43.6 Å². The fraction of sp³-hybridized carbons (Fsp3) is 0.167. The molecule has 0 unspecified atom stereocenters. The molecule has 0 N–H and O–H groups in total. The van der Waals surface area contributed by atoms with E-state index in [1.54, 1.807) is 6.92 Å². The number of benzene rings is 1. The molecule has 2 aromatic heterocycles. The lowest BCUT2D eigenvalue weighted by molar-refractivity contribution is 0.323. The molecule has 3 aromatic rings. The number of fused-ring (bicyclic) bond motifs is 6. The number of aryl methyl sites for hydroxylation is 2. The van der Waals surface area contributed by atoms with Gasteiger partial charge in [-0.25, -0.2) is 35.2 Å². The number of nitrogens with zero attached hydrogens (tertiary/aromatic N) is 8. The Morgan fingerprint density at radius 2 is 1.02 bits per heavy atom. The van der Waals surface area contributed by atoms with Crippen LogP contribution in [0.4, 0.5) is 38.9 Å². The molecule has 0 bridgehead atoms. The Balaban J connectivity index is 2.16. The summed E-state index contributed by atoms with van der Waals surface area (Å²) in [5, 5.41) is 9.99. The number of rotatable bonds is 2. The van der Waals surface area contributed by atoms with Gasteiger partial charge in [-0.2, -0.15) is 0 Å². The van der Waals surface area contributed by atoms with Gasteiger partial charge in [0.1, 0.15) is 0 Å². The fourth-order valence-corrected chi connectivity index (χ4v) is 7.35. The highest BCUT2D eigenvalue weighted by molar-refractivity contribution is 8.48. The van der Waals surface area contributed by atoms with Gasteiger partial charge in [0.2, 0.25) is 10.1 Å². The van der Waals surface area contributed by atoms with Gasteiger partial charge in [-0.3, -0.25) is 4.98 Å². The molecular formula is C24H10F10N8S2. The van der Waals surface area contributed by atoms with Crippen LogP contribution in [0.1, 0.15) is 33.9 Å². The third-order valence-electron chi connectivity index (χ3n) is 6.79. The summed E-state index contributed by atoms with van der Waals surface area (Å²) in [7, 11) is -23.3. The van der Waals surface area contributed by atoms with E-state index < -0.39 is 81.3 Å². The molecule has 0 spiro atoms. The van der Waals surface area contributed by atoms with E-state index in [4.69, 9.17) is 13.1 Å². The molecule has 228 valence electrons. The van der Waals surface area contributed by atoms with Crippen LogP contribution < -0.4 is 10.4 Å². The summed E-state index contributed by atoms with van der Waals surface area (Å²) in [6.45, 7) is 18.0. The van der Waals surface area contributed by atoms with Crippen molar-refractivity contribution in [2.75, 3.05) is 0 Å². The maximum Gasteiger partial charge on any atom is 0.328 e. The van der Waals surface area contributed by atoms with Crippen LogP contribution in [-0.2, 0) is 12.8 Å². The Morgan fingerprint density at radius 3 is 1.45 bits per heavy atom. The summed E-state index contributed by atoms with van der Waals surface area (Å²) in [5.41, 5.74) is -5.27. The quantitative estimate of drug-likeness (QED) is 0.143. The average molecular weight is 665 g/mol. The van der Waals surface area contributed by atoms with Gasteiger partial charge < -0.3 is 0 Å². The molecule has 2 aliphatic rings. The molecule has 5 rings (SSSR count). The van der Waals surface area contributed by atoms with Gasteiger partial charge in [0.05, 0.1) is 59.4 Å². The van der Waals surface area contributed by atoms with E-state index in [1.165, 1.54) is 19.1 Å². The third kappa shape index (κ3) is 4.54. The first-order chi connectivity index (χ1) is 19.7. The normalized spacial score (nSPS) is 17.8. The van der Waals surface area contributed by atoms with Crippen molar-refractivity contribution in [3.8, 4) is 34.7 Å². The zero-order valence-electron chi connectivity index (χ0n) is 21.6. The van der Waals surface area contributed by atoms with Crippen molar-refractivity contribution in [3.05, 3.63) is 67.2 Å². The summed E-state index contributed by atoms with van der Waals surface area (Å²) in [6, 6.07) is 3.01. The number of halogens is 10. The van der Waals surface area contributed by atoms with E-state index >= 15 is 0 Å². The first-order valence-electron chi connectivity index (χ1n) is 11.5. The number of nitriles is 2. The van der Waals surface area contributed by atoms with Gasteiger partial charge >= 0.3 is 20.4 Å². The molecule has 2 aliphatic carbocycles. The second-order valence-corrected chi connectivity index (χ2v) is 14.4. The maximum absolute atomic E-state index is 14.0. The standard InChI is InChI=1S/C24H10F10N8S2/c1-9-10(2)40-21-13(39-9)5-11-17(15(7-35)37-3)12-6-14-22(19(12)20(18(11)21)16(8-36)38-4)42-24(44(30,31,32,33)34)23(41-14)43(25,26,27,28)29/h5-6H2,1-2H3/b17-15+,20-16+. The first kappa shape index (κ1) is 30.5. The minimum Gasteiger partial charge on any atom is -0.254 e. The molecule has 0 aliphatic heterocycles. The Morgan fingerprint density at radius 1 is 0.636 bits per heavy atom. The van der Waals surface area contributed by atoms with Crippen molar-refractivity contribution in [1.82, 2.24) is 19.9 Å². The van der Waals surface area contributed by atoms with Crippen molar-refractivity contribution >= 4 is 31.8 Å². The number of hydrogen-bond donors (Lipinski definition) is 0. The van der Waals surface area contributed by atoms with Gasteiger partial charge in [0.25, 0.3) is 11.4 Å². The molecule has 0 fully saturated rings. The molecule has 0 saturated carbocycles. The van der Waals surface area contributed by atoms with Crippen LogP contribution >= 0.6 is 20.4 Å². The molecule has 1 aromatic carbocycles. The Kier molecular flexibility index (Phi) is 5.26. The molecule has 0 radical (unpaired) electrons. The number of hydrogen-bond acceptors (Lipinski definition) is 6. The maximum atomic E-state index is 14.0. The van der Waals surface area contributed by atoms with Crippen LogP contribution in [0.3, 0.4) is 0 Å². The van der Waals surface area contributed by atoms with E-state index in [9.17, 15) is 49.4 Å². The predicted molar refractivity (Wildman–Crippen MR) is 137 cm³/mol. The summed E-state index contributed by atoms with van der Waals surface area (Å²) < 4.78 is 139. The van der Waals surface area contributed by atoms with Gasteiger partial charge in [-0.1, -0.05) is 38.9 Å². The van der Waals surface area contributed by atoms with E-state index in [2.05, 4.69) is 29.6 Å². The van der Waals surface area contributed by atoms with Crippen LogP contribution in [0.15, 0.2) is 10.1 Å². The van der Waals surface area contributed by atoms with Gasteiger partial charge in [-0.15, -0.1) is 0 Å². The highest BCUT2D eigenvalue weighted by Crippen LogP contribution is 3.08. The van der Waals surface area contributed by atoms with Crippen molar-refractivity contribution in [2.24, 2.45) is 0 Å². The lowest BCUT2D eigenvalue weighted by Crippen LogP contribution is -2.26. The Labute approximate surface area is 239 Å². The molecule has 0 atom stereocenters. The largest absolute Gasteiger partial charge is 0.328 e. The molecule has 44 heavy (non-hydrogen) atoms. The molecule has 20 heteroatoms. The summed E-state index contributed by atoms with van der Waals surface area (Å²) >= 11 is 0. The average Bonchev–Trinajstić information content (AvgIpc) is 3.41. The van der Waals surface area contributed by atoms with Gasteiger partial charge in [0, 0.05) is 34.4 Å². The Hall–Kier alpha value is -4.92. The van der Waals surface area contributed by atoms with E-state index in [-0.39, 0.29) is 34.6 Å². The highest BCUT2D eigenvalue weighted by Gasteiger charge is 2.78. The van der Waals surface area contributed by atoms with Crippen LogP contribution in [0, 0.1) is 49.7 Å². The zero-order valence-corrected chi connectivity index (χ0v) is 23.2. The smallest absolute Gasteiger partial charge is 0.254 e. The third-order valence-corrected chi connectivity index (χ3v) is 8.95. The lowest BCUT2D eigenvalue weighted by atomic mass is 9.92. The van der Waals surface area contributed by atoms with Crippen LogP contribution in [0.5, 0.6) is 0 Å². The summed E-state index contributed by atoms with van der Waals surface area (Å²) in [5.74, 6) is 0. The van der Waals surface area contributed by atoms with Gasteiger partial charge in [-0.05, 0) is 25.0 Å². The van der Waals surface area contributed by atoms with Gasteiger partial charge in [0.15, 0.2) is 0 Å². The van der Waals surface area contributed by atoms with Crippen molar-refractivity contribution in [1.29, 1.82) is 10.5 Å². The summed E-state index contributed by atoms with van der Waals surface area (Å²) in [4.78, 5) is 19.7. The zero-order chi connectivity index (χ0) is 33.1. The monoisotopic (exact) mass is 664 g/mol. The van der Waals surface area contributed by atoms with E-state index in [1.807, 2.05) is 0 Å². The van der Waals surface area contributed by atoms with Crippen molar-refractivity contribution < 1.29 is 38.9 Å². The topological polar surface area (TPSA) is 108 Å². The van der Waals surface area contributed by atoms with Crippen molar-refractivity contribution in [2.45, 2.75) is 36.7 Å². The SMILES string of the molecule is [C-]#[N+]/C(C#N)=c1\c2c(/c(=C(/C#N)[N+]#[C-])c3c1Cc1nc(S(F)(F)(F)(F)F)c(S(F)(F)(F)(F)F)nc1-3)-c1nc(C)c(C)nc1C2. The second-order valence-electron chi connectivity index (χ2n) is 9.71. The van der Waals surface area contributed by atoms with E-state index in [0.717, 1.165) is 0 Å². The van der Waals surface area contributed by atoms with Crippen molar-refractivity contribution in [3.63, 3.8) is 0 Å². The molecule has 8 nitrogen and oxygen atoms in total. The number of aromatic nitrogens is 4. The lowest BCUT2D eigenvalue weighted by Gasteiger charge is -2.46. The first-order valence-corrected chi connectivity index (χ1v) is 15.4. The minimum absolute atomic E-state index is 0.0311. The summed E-state index contributed by atoms with van der Waals surface area (Å²) in [6.07, 6.45) is -1.36. The second kappa shape index (κ2) is 7.59. The molecule has 0 saturated heterocycles. The van der Waals surface area contributed by atoms with Crippen LogP contribution in [0.2, 0.25) is 0 Å². The van der Waals surface area contributed by atoms with Crippen LogP contribution in [-0.4, -0.2) is 19.9 Å². The molecular weight excluding hydrogens is 654 g/mol. The predicted octanol–water partition coefficient (Wildman–Crippen LogP) is 7.44. The minimum atomic E-state index is -11.7. The highest BCUT2D eigenvalue weighted by atomic mass is 32.5.